The summed E-state index contributed by atoms with van der Waals surface area (Å²) in [5.74, 6) is 0.810. The normalized spacial score (nSPS) is 20.8. The average molecular weight is 241 g/mol. The molecule has 0 radical (unpaired) electrons. The number of nitrogens with one attached hydrogen (secondary N) is 2. The molecule has 1 aromatic rings. The number of anilines is 1. The molecular weight excluding hydrogens is 224 g/mol. The zero-order valence-electron chi connectivity index (χ0n) is 9.46. The predicted octanol–water partition coefficient (Wildman–Crippen LogP) is 1.99. The first-order valence-corrected chi connectivity index (χ1v) is 6.10. The fourth-order valence-electron chi connectivity index (χ4n) is 1.95. The van der Waals surface area contributed by atoms with Gasteiger partial charge in [-0.15, -0.1) is 0 Å². The van der Waals surface area contributed by atoms with Crippen LogP contribution in [-0.2, 0) is 0 Å². The number of nitrogens with zero attached hydrogens (tertiary/aromatic N) is 2. The Morgan fingerprint density at radius 2 is 2.38 bits per heavy atom. The molecule has 1 aliphatic heterocycles. The summed E-state index contributed by atoms with van der Waals surface area (Å²) in [6, 6.07) is 2.46. The summed E-state index contributed by atoms with van der Waals surface area (Å²) in [4.78, 5) is 8.16. The van der Waals surface area contributed by atoms with Crippen molar-refractivity contribution in [1.82, 2.24) is 15.3 Å². The van der Waals surface area contributed by atoms with Gasteiger partial charge in [0.15, 0.2) is 0 Å². The molecule has 2 rings (SSSR count). The molecule has 0 aromatic carbocycles. The summed E-state index contributed by atoms with van der Waals surface area (Å²) in [6.45, 7) is 3.93. The van der Waals surface area contributed by atoms with E-state index in [1.165, 1.54) is 19.3 Å². The van der Waals surface area contributed by atoms with Crippen LogP contribution in [0.4, 0.5) is 5.82 Å². The molecule has 16 heavy (non-hydrogen) atoms. The zero-order valence-corrected chi connectivity index (χ0v) is 10.2. The van der Waals surface area contributed by atoms with Crippen molar-refractivity contribution in [1.29, 1.82) is 0 Å². The van der Waals surface area contributed by atoms with Gasteiger partial charge in [0.25, 0.3) is 0 Å². The van der Waals surface area contributed by atoms with Crippen LogP contribution in [-0.4, -0.2) is 29.1 Å². The standard InChI is InChI=1S/C11H17ClN4/c1-8-6-10(16-11(12)15-8)14-7-9-4-2-3-5-13-9/h6,9,13H,2-5,7H2,1H3,(H,14,15,16). The number of aryl methyl sites for hydroxylation is 1. The molecule has 0 bridgehead atoms. The van der Waals surface area contributed by atoms with Gasteiger partial charge in [0.1, 0.15) is 5.82 Å². The first-order chi connectivity index (χ1) is 7.74. The van der Waals surface area contributed by atoms with E-state index in [-0.39, 0.29) is 0 Å². The van der Waals surface area contributed by atoms with Crippen molar-refractivity contribution < 1.29 is 0 Å². The molecule has 4 nitrogen and oxygen atoms in total. The van der Waals surface area contributed by atoms with E-state index in [0.717, 1.165) is 24.6 Å². The van der Waals surface area contributed by atoms with Crippen molar-refractivity contribution in [2.24, 2.45) is 0 Å². The Morgan fingerprint density at radius 3 is 3.06 bits per heavy atom. The van der Waals surface area contributed by atoms with Crippen LogP contribution in [0.15, 0.2) is 6.07 Å². The lowest BCUT2D eigenvalue weighted by molar-refractivity contribution is 0.414. The van der Waals surface area contributed by atoms with Gasteiger partial charge in [-0.2, -0.15) is 0 Å². The highest BCUT2D eigenvalue weighted by atomic mass is 35.5. The number of hydrogen-bond donors (Lipinski definition) is 2. The maximum atomic E-state index is 5.79. The minimum atomic E-state index is 0.305. The Labute approximate surface area is 101 Å². The Kier molecular flexibility index (Phi) is 3.96. The van der Waals surface area contributed by atoms with E-state index in [2.05, 4.69) is 20.6 Å². The third kappa shape index (κ3) is 3.32. The summed E-state index contributed by atoms with van der Waals surface area (Å²) < 4.78 is 0. The monoisotopic (exact) mass is 240 g/mol. The third-order valence-corrected chi connectivity index (χ3v) is 2.94. The van der Waals surface area contributed by atoms with Crippen LogP contribution in [0.1, 0.15) is 25.0 Å². The quantitative estimate of drug-likeness (QED) is 0.794. The van der Waals surface area contributed by atoms with E-state index in [9.17, 15) is 0 Å². The van der Waals surface area contributed by atoms with Crippen molar-refractivity contribution in [2.75, 3.05) is 18.4 Å². The maximum absolute atomic E-state index is 5.79. The number of rotatable bonds is 3. The van der Waals surface area contributed by atoms with Crippen LogP contribution in [0.5, 0.6) is 0 Å². The summed E-state index contributed by atoms with van der Waals surface area (Å²) in [5, 5.41) is 7.08. The molecule has 1 aromatic heterocycles. The van der Waals surface area contributed by atoms with Crippen LogP contribution in [0.25, 0.3) is 0 Å². The molecule has 0 aliphatic carbocycles. The molecule has 0 spiro atoms. The van der Waals surface area contributed by atoms with Crippen molar-refractivity contribution in [3.8, 4) is 0 Å². The molecule has 1 saturated heterocycles. The molecule has 88 valence electrons. The smallest absolute Gasteiger partial charge is 0.224 e. The van der Waals surface area contributed by atoms with Crippen molar-refractivity contribution in [2.45, 2.75) is 32.2 Å². The third-order valence-electron chi connectivity index (χ3n) is 2.77. The van der Waals surface area contributed by atoms with Crippen molar-refractivity contribution in [3.63, 3.8) is 0 Å². The van der Waals surface area contributed by atoms with Gasteiger partial charge in [0.05, 0.1) is 0 Å². The molecule has 1 aliphatic rings. The summed E-state index contributed by atoms with van der Waals surface area (Å²) in [5.41, 5.74) is 0.888. The maximum Gasteiger partial charge on any atom is 0.224 e. The first kappa shape index (κ1) is 11.6. The fourth-order valence-corrected chi connectivity index (χ4v) is 2.17. The predicted molar refractivity (Wildman–Crippen MR) is 65.9 cm³/mol. The highest BCUT2D eigenvalue weighted by Gasteiger charge is 2.12. The molecule has 2 N–H and O–H groups in total. The SMILES string of the molecule is Cc1cc(NCC2CCCCN2)nc(Cl)n1. The Balaban J connectivity index is 1.88. The second-order valence-electron chi connectivity index (χ2n) is 4.19. The summed E-state index contributed by atoms with van der Waals surface area (Å²) >= 11 is 5.79. The molecule has 1 unspecified atom stereocenters. The summed E-state index contributed by atoms with van der Waals surface area (Å²) in [7, 11) is 0. The minimum Gasteiger partial charge on any atom is -0.368 e. The van der Waals surface area contributed by atoms with E-state index >= 15 is 0 Å². The highest BCUT2D eigenvalue weighted by molar-refractivity contribution is 6.28. The molecule has 1 fully saturated rings. The number of hydrogen-bond acceptors (Lipinski definition) is 4. The van der Waals surface area contributed by atoms with E-state index in [1.807, 2.05) is 13.0 Å². The highest BCUT2D eigenvalue weighted by Crippen LogP contribution is 2.11. The molecule has 1 atom stereocenters. The van der Waals surface area contributed by atoms with Crippen LogP contribution in [0.2, 0.25) is 5.28 Å². The number of piperidine rings is 1. The number of halogens is 1. The lowest BCUT2D eigenvalue weighted by Gasteiger charge is -2.23. The van der Waals surface area contributed by atoms with Crippen LogP contribution in [0, 0.1) is 6.92 Å². The number of aromatic nitrogens is 2. The van der Waals surface area contributed by atoms with E-state index < -0.39 is 0 Å². The average Bonchev–Trinajstić information content (AvgIpc) is 2.27. The van der Waals surface area contributed by atoms with Crippen molar-refractivity contribution in [3.05, 3.63) is 17.0 Å². The van der Waals surface area contributed by atoms with Gasteiger partial charge in [-0.25, -0.2) is 9.97 Å². The topological polar surface area (TPSA) is 49.8 Å². The van der Waals surface area contributed by atoms with Gasteiger partial charge in [-0.1, -0.05) is 6.42 Å². The van der Waals surface area contributed by atoms with Crippen LogP contribution in [0.3, 0.4) is 0 Å². The van der Waals surface area contributed by atoms with E-state index in [0.29, 0.717) is 11.3 Å². The molecular formula is C11H17ClN4. The minimum absolute atomic E-state index is 0.305. The summed E-state index contributed by atoms with van der Waals surface area (Å²) in [6.07, 6.45) is 3.82. The van der Waals surface area contributed by atoms with E-state index in [4.69, 9.17) is 11.6 Å². The second-order valence-corrected chi connectivity index (χ2v) is 4.53. The van der Waals surface area contributed by atoms with Crippen LogP contribution >= 0.6 is 11.6 Å². The first-order valence-electron chi connectivity index (χ1n) is 5.72. The lowest BCUT2D eigenvalue weighted by atomic mass is 10.1. The fraction of sp³-hybridized carbons (Fsp3) is 0.636. The molecule has 0 amide bonds. The molecule has 5 heteroatoms. The van der Waals surface area contributed by atoms with Crippen molar-refractivity contribution >= 4 is 17.4 Å². The lowest BCUT2D eigenvalue weighted by Crippen LogP contribution is -2.39. The van der Waals surface area contributed by atoms with Gasteiger partial charge in [-0.05, 0) is 37.9 Å². The zero-order chi connectivity index (χ0) is 11.4. The second kappa shape index (κ2) is 5.46. The molecule has 2 heterocycles. The van der Waals surface area contributed by atoms with Gasteiger partial charge in [0.2, 0.25) is 5.28 Å². The van der Waals surface area contributed by atoms with Gasteiger partial charge < -0.3 is 10.6 Å². The Morgan fingerprint density at radius 1 is 1.50 bits per heavy atom. The van der Waals surface area contributed by atoms with Crippen LogP contribution < -0.4 is 10.6 Å². The Hall–Kier alpha value is -0.870. The largest absolute Gasteiger partial charge is 0.368 e. The molecule has 0 saturated carbocycles. The van der Waals surface area contributed by atoms with E-state index in [1.54, 1.807) is 0 Å². The van der Waals surface area contributed by atoms with Gasteiger partial charge in [-0.3, -0.25) is 0 Å². The van der Waals surface area contributed by atoms with Gasteiger partial charge >= 0.3 is 0 Å². The van der Waals surface area contributed by atoms with Gasteiger partial charge in [0, 0.05) is 24.3 Å². The Bertz CT molecular complexity index is 330.